The third kappa shape index (κ3) is 3.62. The van der Waals surface area contributed by atoms with E-state index in [-0.39, 0.29) is 11.6 Å². The van der Waals surface area contributed by atoms with Gasteiger partial charge < -0.3 is 11.1 Å². The second kappa shape index (κ2) is 5.59. The van der Waals surface area contributed by atoms with Crippen LogP contribution in [-0.4, -0.2) is 24.6 Å². The van der Waals surface area contributed by atoms with Gasteiger partial charge in [-0.05, 0) is 17.9 Å². The molecule has 1 aromatic carbocycles. The van der Waals surface area contributed by atoms with Crippen molar-refractivity contribution in [3.8, 4) is 0 Å². The van der Waals surface area contributed by atoms with Gasteiger partial charge in [0.2, 0.25) is 5.91 Å². The Morgan fingerprint density at radius 3 is 2.56 bits per heavy atom. The summed E-state index contributed by atoms with van der Waals surface area (Å²) in [4.78, 5) is 11.3. The van der Waals surface area contributed by atoms with E-state index in [1.807, 2.05) is 6.92 Å². The molecular weight excluding hydrogens is 276 g/mol. The van der Waals surface area contributed by atoms with E-state index in [0.29, 0.717) is 10.6 Å². The number of carbonyl (C=O) groups excluding carboxylic acids is 1. The van der Waals surface area contributed by atoms with Crippen molar-refractivity contribution < 1.29 is 17.8 Å². The molecule has 0 bridgehead atoms. The maximum absolute atomic E-state index is 11.1. The summed E-state index contributed by atoms with van der Waals surface area (Å²) >= 11 is 1.41. The summed E-state index contributed by atoms with van der Waals surface area (Å²) in [7, 11) is -4.41. The summed E-state index contributed by atoms with van der Waals surface area (Å²) < 4.78 is 31.3. The van der Waals surface area contributed by atoms with E-state index in [1.165, 1.54) is 24.8 Å². The molecule has 8 heteroatoms. The van der Waals surface area contributed by atoms with Gasteiger partial charge in [-0.1, -0.05) is 6.92 Å². The quantitative estimate of drug-likeness (QED) is 0.441. The molecule has 4 N–H and O–H groups in total. The van der Waals surface area contributed by atoms with Crippen LogP contribution < -0.4 is 11.1 Å². The Hall–Kier alpha value is -1.25. The van der Waals surface area contributed by atoms with Gasteiger partial charge in [-0.2, -0.15) is 8.42 Å². The average Bonchev–Trinajstić information content (AvgIpc) is 2.19. The van der Waals surface area contributed by atoms with Crippen LogP contribution in [0.4, 0.5) is 11.4 Å². The van der Waals surface area contributed by atoms with Gasteiger partial charge >= 0.3 is 0 Å². The van der Waals surface area contributed by atoms with E-state index >= 15 is 0 Å². The molecule has 0 atom stereocenters. The van der Waals surface area contributed by atoms with E-state index in [2.05, 4.69) is 5.32 Å². The minimum absolute atomic E-state index is 0.0532. The smallest absolute Gasteiger partial charge is 0.296 e. The minimum atomic E-state index is -4.41. The first-order chi connectivity index (χ1) is 8.25. The first kappa shape index (κ1) is 14.8. The van der Waals surface area contributed by atoms with Crippen LogP contribution in [0.3, 0.4) is 0 Å². The lowest BCUT2D eigenvalue weighted by Gasteiger charge is -2.12. The topological polar surface area (TPSA) is 109 Å². The highest BCUT2D eigenvalue weighted by Gasteiger charge is 2.18. The summed E-state index contributed by atoms with van der Waals surface area (Å²) in [5.74, 6) is 0.399. The van der Waals surface area contributed by atoms with Crippen molar-refractivity contribution in [3.05, 3.63) is 12.1 Å². The van der Waals surface area contributed by atoms with E-state index in [9.17, 15) is 13.2 Å². The summed E-state index contributed by atoms with van der Waals surface area (Å²) in [5, 5.41) is 2.51. The predicted octanol–water partition coefficient (Wildman–Crippen LogP) is 1.59. The van der Waals surface area contributed by atoms with E-state index in [0.717, 1.165) is 11.8 Å². The summed E-state index contributed by atoms with van der Waals surface area (Å²) in [6, 6.07) is 2.58. The van der Waals surface area contributed by atoms with Crippen molar-refractivity contribution in [2.45, 2.75) is 23.6 Å². The molecule has 0 saturated heterocycles. The Morgan fingerprint density at radius 2 is 2.11 bits per heavy atom. The van der Waals surface area contributed by atoms with Gasteiger partial charge in [0.05, 0.1) is 11.4 Å². The Kier molecular flexibility index (Phi) is 4.60. The molecule has 0 aliphatic rings. The molecule has 0 spiro atoms. The maximum atomic E-state index is 11.1. The van der Waals surface area contributed by atoms with E-state index in [1.54, 1.807) is 0 Å². The number of anilines is 2. The van der Waals surface area contributed by atoms with Crippen molar-refractivity contribution in [1.29, 1.82) is 0 Å². The molecule has 0 heterocycles. The Balaban J connectivity index is 3.40. The fraction of sp³-hybridized carbons (Fsp3) is 0.300. The minimum Gasteiger partial charge on any atom is -0.398 e. The third-order valence-corrected chi connectivity index (χ3v) is 3.85. The zero-order chi connectivity index (χ0) is 13.9. The molecule has 0 aliphatic carbocycles. The molecular formula is C10H14N2O4S2. The number of thioether (sulfide) groups is 1. The number of hydrogen-bond acceptors (Lipinski definition) is 5. The molecule has 0 saturated carbocycles. The van der Waals surface area contributed by atoms with Crippen molar-refractivity contribution in [3.63, 3.8) is 0 Å². The van der Waals surface area contributed by atoms with E-state index in [4.69, 9.17) is 10.3 Å². The highest BCUT2D eigenvalue weighted by Crippen LogP contribution is 2.33. The Morgan fingerprint density at radius 1 is 1.50 bits per heavy atom. The molecule has 1 rings (SSSR count). The summed E-state index contributed by atoms with van der Waals surface area (Å²) in [6.07, 6.45) is 0. The van der Waals surface area contributed by atoms with Crippen LogP contribution in [0.2, 0.25) is 0 Å². The fourth-order valence-corrected chi connectivity index (χ4v) is 2.77. The number of benzene rings is 1. The van der Waals surface area contributed by atoms with Gasteiger partial charge in [-0.25, -0.2) is 0 Å². The first-order valence-electron chi connectivity index (χ1n) is 5.07. The summed E-state index contributed by atoms with van der Waals surface area (Å²) in [5.41, 5.74) is 5.83. The van der Waals surface area contributed by atoms with Crippen molar-refractivity contribution in [2.75, 3.05) is 16.8 Å². The first-order valence-corrected chi connectivity index (χ1v) is 7.49. The van der Waals surface area contributed by atoms with Crippen LogP contribution in [0, 0.1) is 0 Å². The molecule has 1 aromatic rings. The Bertz CT molecular complexity index is 569. The number of hydrogen-bond donors (Lipinski definition) is 3. The average molecular weight is 290 g/mol. The van der Waals surface area contributed by atoms with Crippen molar-refractivity contribution in [1.82, 2.24) is 0 Å². The molecule has 18 heavy (non-hydrogen) atoms. The van der Waals surface area contributed by atoms with Crippen LogP contribution in [0.5, 0.6) is 0 Å². The molecule has 0 fully saturated rings. The second-order valence-corrected chi connectivity index (χ2v) is 6.17. The monoisotopic (exact) mass is 290 g/mol. The zero-order valence-corrected chi connectivity index (χ0v) is 11.6. The number of carbonyl (C=O) groups is 1. The van der Waals surface area contributed by atoms with Gasteiger partial charge in [0.1, 0.15) is 4.90 Å². The number of rotatable bonds is 4. The van der Waals surface area contributed by atoms with Gasteiger partial charge in [0, 0.05) is 11.8 Å². The normalized spacial score (nSPS) is 11.3. The second-order valence-electron chi connectivity index (χ2n) is 3.48. The molecule has 6 nitrogen and oxygen atoms in total. The van der Waals surface area contributed by atoms with Crippen LogP contribution in [0.1, 0.15) is 13.8 Å². The SMILES string of the molecule is CCSc1cc(N)c(S(=O)(=O)O)cc1NC(C)=O. The Labute approximate surface area is 110 Å². The zero-order valence-electron chi connectivity index (χ0n) is 9.93. The number of nitrogens with one attached hydrogen (secondary N) is 1. The van der Waals surface area contributed by atoms with Crippen LogP contribution in [0.25, 0.3) is 0 Å². The predicted molar refractivity (Wildman–Crippen MR) is 71.4 cm³/mol. The van der Waals surface area contributed by atoms with Crippen LogP contribution in [-0.2, 0) is 14.9 Å². The molecule has 0 aliphatic heterocycles. The standard InChI is InChI=1S/C10H14N2O4S2/c1-3-17-9-4-7(11)10(18(14,15)16)5-8(9)12-6(2)13/h4-5H,3,11H2,1-2H3,(H,12,13)(H,14,15,16). The molecule has 0 aromatic heterocycles. The molecule has 100 valence electrons. The highest BCUT2D eigenvalue weighted by atomic mass is 32.2. The molecule has 0 unspecified atom stereocenters. The largest absolute Gasteiger partial charge is 0.398 e. The molecule has 0 radical (unpaired) electrons. The fourth-order valence-electron chi connectivity index (χ4n) is 1.36. The lowest BCUT2D eigenvalue weighted by atomic mass is 10.3. The van der Waals surface area contributed by atoms with Crippen LogP contribution >= 0.6 is 11.8 Å². The van der Waals surface area contributed by atoms with Crippen molar-refractivity contribution in [2.24, 2.45) is 0 Å². The molecule has 1 amide bonds. The third-order valence-electron chi connectivity index (χ3n) is 2.00. The van der Waals surface area contributed by atoms with Gasteiger partial charge in [-0.3, -0.25) is 9.35 Å². The van der Waals surface area contributed by atoms with E-state index < -0.39 is 15.0 Å². The van der Waals surface area contributed by atoms with Crippen LogP contribution in [0.15, 0.2) is 21.9 Å². The highest BCUT2D eigenvalue weighted by molar-refractivity contribution is 7.99. The maximum Gasteiger partial charge on any atom is 0.296 e. The summed E-state index contributed by atoms with van der Waals surface area (Å²) in [6.45, 7) is 3.22. The van der Waals surface area contributed by atoms with Gasteiger partial charge in [-0.15, -0.1) is 11.8 Å². The number of nitrogens with two attached hydrogens (primary N) is 1. The number of nitrogen functional groups attached to an aromatic ring is 1. The lowest BCUT2D eigenvalue weighted by molar-refractivity contribution is -0.114. The number of amides is 1. The van der Waals surface area contributed by atoms with Gasteiger partial charge in [0.15, 0.2) is 0 Å². The van der Waals surface area contributed by atoms with Gasteiger partial charge in [0.25, 0.3) is 10.1 Å². The van der Waals surface area contributed by atoms with Crippen molar-refractivity contribution >= 4 is 39.2 Å². The lowest BCUT2D eigenvalue weighted by Crippen LogP contribution is -2.10.